The molecule has 2 aromatic rings. The molecule has 1 aromatic heterocycles. The van der Waals surface area contributed by atoms with Gasteiger partial charge in [-0.3, -0.25) is 0 Å². The van der Waals surface area contributed by atoms with Crippen molar-refractivity contribution in [3.8, 4) is 5.69 Å². The van der Waals surface area contributed by atoms with E-state index in [4.69, 9.17) is 0 Å². The molecule has 140 valence electrons. The minimum Gasteiger partial charge on any atom is -0.339 e. The van der Waals surface area contributed by atoms with Crippen molar-refractivity contribution in [2.24, 2.45) is 11.8 Å². The summed E-state index contributed by atoms with van der Waals surface area (Å²) in [6.07, 6.45) is 5.23. The van der Waals surface area contributed by atoms with Crippen LogP contribution in [0.25, 0.3) is 5.69 Å². The zero-order valence-corrected chi connectivity index (χ0v) is 16.0. The summed E-state index contributed by atoms with van der Waals surface area (Å²) in [5, 5.41) is 12.5. The van der Waals surface area contributed by atoms with Gasteiger partial charge in [0.25, 0.3) is 0 Å². The Morgan fingerprint density at radius 1 is 1.04 bits per heavy atom. The smallest absolute Gasteiger partial charge is 0.250 e. The first-order chi connectivity index (χ1) is 12.7. The van der Waals surface area contributed by atoms with Crippen LogP contribution in [0.4, 0.5) is 5.95 Å². The number of rotatable bonds is 4. The van der Waals surface area contributed by atoms with Gasteiger partial charge in [-0.25, -0.2) is 0 Å². The molecular weight excluding hydrogens is 324 g/mol. The second-order valence-electron chi connectivity index (χ2n) is 8.16. The van der Waals surface area contributed by atoms with Crippen LogP contribution in [0.5, 0.6) is 0 Å². The molecule has 1 unspecified atom stereocenters. The van der Waals surface area contributed by atoms with E-state index in [1.807, 2.05) is 4.68 Å². The normalized spacial score (nSPS) is 22.7. The van der Waals surface area contributed by atoms with E-state index < -0.39 is 0 Å². The zero-order valence-electron chi connectivity index (χ0n) is 16.0. The maximum absolute atomic E-state index is 4.34. The maximum Gasteiger partial charge on any atom is 0.250 e. The molecule has 0 saturated carbocycles. The summed E-state index contributed by atoms with van der Waals surface area (Å²) in [5.74, 6) is 2.49. The molecule has 2 aliphatic heterocycles. The summed E-state index contributed by atoms with van der Waals surface area (Å²) < 4.78 is 1.88. The lowest BCUT2D eigenvalue weighted by Crippen LogP contribution is -2.44. The lowest BCUT2D eigenvalue weighted by Gasteiger charge is -2.37. The predicted molar refractivity (Wildman–Crippen MR) is 104 cm³/mol. The van der Waals surface area contributed by atoms with Gasteiger partial charge >= 0.3 is 0 Å². The number of hydrogen-bond donors (Lipinski definition) is 0. The van der Waals surface area contributed by atoms with E-state index in [9.17, 15) is 0 Å². The van der Waals surface area contributed by atoms with Crippen LogP contribution in [0.1, 0.15) is 38.2 Å². The Balaban J connectivity index is 1.43. The van der Waals surface area contributed by atoms with E-state index in [0.29, 0.717) is 5.92 Å². The number of hydrogen-bond acceptors (Lipinski definition) is 5. The van der Waals surface area contributed by atoms with Gasteiger partial charge in [0, 0.05) is 19.6 Å². The third-order valence-corrected chi connectivity index (χ3v) is 5.93. The van der Waals surface area contributed by atoms with Gasteiger partial charge in [-0.1, -0.05) is 29.7 Å². The van der Waals surface area contributed by atoms with Gasteiger partial charge in [0.1, 0.15) is 0 Å². The highest BCUT2D eigenvalue weighted by Gasteiger charge is 2.27. The van der Waals surface area contributed by atoms with Gasteiger partial charge in [-0.2, -0.15) is 4.68 Å². The molecule has 1 atom stereocenters. The van der Waals surface area contributed by atoms with Crippen LogP contribution in [0.15, 0.2) is 24.3 Å². The number of nitrogens with zero attached hydrogens (tertiary/aromatic N) is 6. The van der Waals surface area contributed by atoms with E-state index in [1.54, 1.807) is 0 Å². The van der Waals surface area contributed by atoms with Crippen LogP contribution in [0, 0.1) is 18.8 Å². The van der Waals surface area contributed by atoms with Crippen LogP contribution >= 0.6 is 0 Å². The number of tetrazole rings is 1. The summed E-state index contributed by atoms with van der Waals surface area (Å²) in [5.41, 5.74) is 2.28. The van der Waals surface area contributed by atoms with E-state index in [2.05, 4.69) is 63.4 Å². The Labute approximate surface area is 156 Å². The van der Waals surface area contributed by atoms with Gasteiger partial charge in [0.15, 0.2) is 0 Å². The molecule has 1 aromatic carbocycles. The van der Waals surface area contributed by atoms with Gasteiger partial charge in [0.05, 0.1) is 5.69 Å². The molecule has 6 nitrogen and oxygen atoms in total. The lowest BCUT2D eigenvalue weighted by atomic mass is 9.94. The minimum atomic E-state index is 0.709. The lowest BCUT2D eigenvalue weighted by molar-refractivity contribution is 0.159. The average Bonchev–Trinajstić information content (AvgIpc) is 3.14. The monoisotopic (exact) mass is 354 g/mol. The number of aryl methyl sites for hydroxylation is 1. The van der Waals surface area contributed by atoms with Crippen molar-refractivity contribution in [2.75, 3.05) is 37.6 Å². The van der Waals surface area contributed by atoms with Crippen LogP contribution in [0.3, 0.4) is 0 Å². The molecule has 0 aliphatic carbocycles. The van der Waals surface area contributed by atoms with Crippen LogP contribution in [-0.2, 0) is 0 Å². The Bertz CT molecular complexity index is 701. The first kappa shape index (κ1) is 17.5. The fraction of sp³-hybridized carbons (Fsp3) is 0.650. The summed E-state index contributed by atoms with van der Waals surface area (Å²) in [6.45, 7) is 10.3. The quantitative estimate of drug-likeness (QED) is 0.845. The molecule has 6 heteroatoms. The fourth-order valence-corrected chi connectivity index (χ4v) is 4.24. The van der Waals surface area contributed by atoms with E-state index in [1.165, 1.54) is 50.9 Å². The van der Waals surface area contributed by atoms with Gasteiger partial charge in [-0.15, -0.1) is 0 Å². The minimum absolute atomic E-state index is 0.709. The molecular formula is C20H30N6. The Morgan fingerprint density at radius 3 is 2.58 bits per heavy atom. The molecule has 0 amide bonds. The molecule has 2 fully saturated rings. The molecule has 26 heavy (non-hydrogen) atoms. The summed E-state index contributed by atoms with van der Waals surface area (Å²) >= 11 is 0. The van der Waals surface area contributed by atoms with E-state index >= 15 is 0 Å². The van der Waals surface area contributed by atoms with E-state index in [0.717, 1.165) is 30.6 Å². The van der Waals surface area contributed by atoms with Gasteiger partial charge in [0.2, 0.25) is 5.95 Å². The van der Waals surface area contributed by atoms with Crippen LogP contribution in [-0.4, -0.2) is 57.8 Å². The first-order valence-electron chi connectivity index (χ1n) is 10.0. The molecule has 4 rings (SSSR count). The number of piperidine rings is 2. The third kappa shape index (κ3) is 3.90. The van der Waals surface area contributed by atoms with Crippen molar-refractivity contribution in [1.82, 2.24) is 25.1 Å². The molecule has 2 aliphatic rings. The number of benzene rings is 1. The fourth-order valence-electron chi connectivity index (χ4n) is 4.24. The highest BCUT2D eigenvalue weighted by Crippen LogP contribution is 2.25. The predicted octanol–water partition coefficient (Wildman–Crippen LogP) is 2.92. The molecule has 3 heterocycles. The van der Waals surface area contributed by atoms with Crippen molar-refractivity contribution in [3.05, 3.63) is 29.8 Å². The molecule has 0 N–H and O–H groups in total. The van der Waals surface area contributed by atoms with Crippen molar-refractivity contribution < 1.29 is 0 Å². The van der Waals surface area contributed by atoms with Gasteiger partial charge in [-0.05, 0) is 80.1 Å². The molecule has 0 spiro atoms. The van der Waals surface area contributed by atoms with E-state index in [-0.39, 0.29) is 0 Å². The Hall–Kier alpha value is -1.95. The second kappa shape index (κ2) is 7.74. The number of aromatic nitrogens is 4. The largest absolute Gasteiger partial charge is 0.339 e. The highest BCUT2D eigenvalue weighted by atomic mass is 15.6. The van der Waals surface area contributed by atoms with Crippen molar-refractivity contribution in [2.45, 2.75) is 39.5 Å². The summed E-state index contributed by atoms with van der Waals surface area (Å²) in [6, 6.07) is 8.39. The van der Waals surface area contributed by atoms with Crippen molar-refractivity contribution in [1.29, 1.82) is 0 Å². The SMILES string of the molecule is Cc1ccc(-n2nnnc2N2CCCC(CN3CCC(C)CC3)C2)cc1. The third-order valence-electron chi connectivity index (χ3n) is 5.93. The Morgan fingerprint density at radius 2 is 1.81 bits per heavy atom. The topological polar surface area (TPSA) is 50.1 Å². The van der Waals surface area contributed by atoms with Crippen LogP contribution < -0.4 is 4.90 Å². The summed E-state index contributed by atoms with van der Waals surface area (Å²) in [4.78, 5) is 5.04. The number of likely N-dealkylation sites (tertiary alicyclic amines) is 1. The van der Waals surface area contributed by atoms with Crippen molar-refractivity contribution in [3.63, 3.8) is 0 Å². The van der Waals surface area contributed by atoms with Gasteiger partial charge < -0.3 is 9.80 Å². The molecule has 0 bridgehead atoms. The summed E-state index contributed by atoms with van der Waals surface area (Å²) in [7, 11) is 0. The average molecular weight is 355 g/mol. The molecule has 2 saturated heterocycles. The zero-order chi connectivity index (χ0) is 17.9. The number of anilines is 1. The van der Waals surface area contributed by atoms with Crippen molar-refractivity contribution >= 4 is 5.95 Å². The second-order valence-corrected chi connectivity index (χ2v) is 8.16. The standard InChI is InChI=1S/C20H30N6/c1-16-5-7-19(8-6-16)26-20(21-22-23-26)25-11-3-4-18(15-25)14-24-12-9-17(2)10-13-24/h5-8,17-18H,3-4,9-15H2,1-2H3. The Kier molecular flexibility index (Phi) is 5.20. The van der Waals surface area contributed by atoms with Crippen LogP contribution in [0.2, 0.25) is 0 Å². The first-order valence-corrected chi connectivity index (χ1v) is 10.0. The highest BCUT2D eigenvalue weighted by molar-refractivity contribution is 5.42. The molecule has 0 radical (unpaired) electrons. The maximum atomic E-state index is 4.34.